The van der Waals surface area contributed by atoms with Crippen molar-refractivity contribution in [3.63, 3.8) is 0 Å². The van der Waals surface area contributed by atoms with Crippen molar-refractivity contribution in [1.29, 1.82) is 0 Å². The fourth-order valence-corrected chi connectivity index (χ4v) is 4.05. The van der Waals surface area contributed by atoms with E-state index in [1.54, 1.807) is 12.1 Å². The van der Waals surface area contributed by atoms with Gasteiger partial charge >= 0.3 is 0 Å². The maximum atomic E-state index is 11.9. The molecule has 0 amide bonds. The number of rotatable bonds is 2. The first-order chi connectivity index (χ1) is 9.00. The van der Waals surface area contributed by atoms with E-state index in [9.17, 15) is 8.42 Å². The van der Waals surface area contributed by atoms with Crippen LogP contribution in [0.5, 0.6) is 0 Å². The highest BCUT2D eigenvalue weighted by Gasteiger charge is 2.42. The fraction of sp³-hybridized carbons (Fsp3) is 0.571. The smallest absolute Gasteiger partial charge is 0.177 e. The van der Waals surface area contributed by atoms with E-state index >= 15 is 0 Å². The van der Waals surface area contributed by atoms with Crippen molar-refractivity contribution in [3.05, 3.63) is 24.3 Å². The van der Waals surface area contributed by atoms with Gasteiger partial charge in [-0.2, -0.15) is 0 Å². The predicted molar refractivity (Wildman–Crippen MR) is 74.3 cm³/mol. The van der Waals surface area contributed by atoms with Crippen LogP contribution in [0.25, 0.3) is 0 Å². The van der Waals surface area contributed by atoms with Gasteiger partial charge < -0.3 is 9.64 Å². The number of benzene rings is 1. The molecule has 3 rings (SSSR count). The maximum Gasteiger partial charge on any atom is 0.177 e. The summed E-state index contributed by atoms with van der Waals surface area (Å²) in [6.45, 7) is 3.46. The van der Waals surface area contributed by atoms with Crippen molar-refractivity contribution >= 4 is 15.5 Å². The third kappa shape index (κ3) is 2.37. The summed E-state index contributed by atoms with van der Waals surface area (Å²) in [6, 6.07) is 7.29. The van der Waals surface area contributed by atoms with Gasteiger partial charge in [-0.05, 0) is 25.0 Å². The Kier molecular flexibility index (Phi) is 3.06. The Morgan fingerprint density at radius 2 is 2.05 bits per heavy atom. The molecule has 0 aromatic heterocycles. The molecule has 0 aliphatic carbocycles. The molecule has 1 atom stereocenters. The highest BCUT2D eigenvalue weighted by atomic mass is 32.2. The van der Waals surface area contributed by atoms with Crippen LogP contribution in [0, 0.1) is 5.41 Å². The molecule has 4 nitrogen and oxygen atoms in total. The SMILES string of the molecule is CS(=O)(=O)c1ccccc1N1CC[C@@]2(CCOC2)C1. The Morgan fingerprint density at radius 3 is 2.74 bits per heavy atom. The van der Waals surface area contributed by atoms with Gasteiger partial charge in [0, 0.05) is 31.4 Å². The normalized spacial score (nSPS) is 27.3. The summed E-state index contributed by atoms with van der Waals surface area (Å²) in [5, 5.41) is 0. The van der Waals surface area contributed by atoms with E-state index in [-0.39, 0.29) is 5.41 Å². The molecule has 0 unspecified atom stereocenters. The number of sulfone groups is 1. The molecule has 2 fully saturated rings. The minimum absolute atomic E-state index is 0.241. The molecule has 2 aliphatic heterocycles. The molecule has 0 radical (unpaired) electrons. The largest absolute Gasteiger partial charge is 0.381 e. The van der Waals surface area contributed by atoms with Crippen molar-refractivity contribution in [2.75, 3.05) is 37.5 Å². The first-order valence-corrected chi connectivity index (χ1v) is 8.51. The Labute approximate surface area is 114 Å². The highest BCUT2D eigenvalue weighted by Crippen LogP contribution is 2.41. The Hall–Kier alpha value is -1.07. The van der Waals surface area contributed by atoms with Crippen LogP contribution in [0.2, 0.25) is 0 Å². The van der Waals surface area contributed by atoms with Gasteiger partial charge in [0.05, 0.1) is 17.2 Å². The summed E-state index contributed by atoms with van der Waals surface area (Å²) in [5.41, 5.74) is 1.08. The second-order valence-corrected chi connectivity index (χ2v) is 7.70. The van der Waals surface area contributed by atoms with Gasteiger partial charge in [-0.25, -0.2) is 8.42 Å². The van der Waals surface area contributed by atoms with E-state index in [1.165, 1.54) is 6.26 Å². The van der Waals surface area contributed by atoms with Crippen molar-refractivity contribution in [2.45, 2.75) is 17.7 Å². The number of para-hydroxylation sites is 1. The van der Waals surface area contributed by atoms with Crippen molar-refractivity contribution < 1.29 is 13.2 Å². The second kappa shape index (κ2) is 4.49. The number of nitrogens with zero attached hydrogens (tertiary/aromatic N) is 1. The molecular formula is C14H19NO3S. The topological polar surface area (TPSA) is 46.6 Å². The second-order valence-electron chi connectivity index (χ2n) is 5.71. The number of ether oxygens (including phenoxy) is 1. The lowest BCUT2D eigenvalue weighted by molar-refractivity contribution is 0.160. The van der Waals surface area contributed by atoms with E-state index in [0.717, 1.165) is 44.8 Å². The van der Waals surface area contributed by atoms with Gasteiger partial charge in [0.15, 0.2) is 9.84 Å². The molecule has 2 aliphatic rings. The maximum absolute atomic E-state index is 11.9. The molecular weight excluding hydrogens is 262 g/mol. The molecule has 1 spiro atoms. The summed E-state index contributed by atoms with van der Waals surface area (Å²) >= 11 is 0. The molecule has 2 saturated heterocycles. The van der Waals surface area contributed by atoms with Gasteiger partial charge in [0.2, 0.25) is 0 Å². The molecule has 5 heteroatoms. The molecule has 1 aromatic carbocycles. The predicted octanol–water partition coefficient (Wildman–Crippen LogP) is 1.71. The molecule has 0 bridgehead atoms. The molecule has 19 heavy (non-hydrogen) atoms. The molecule has 2 heterocycles. The Morgan fingerprint density at radius 1 is 1.26 bits per heavy atom. The Balaban J connectivity index is 1.92. The van der Waals surface area contributed by atoms with Crippen LogP contribution in [0.15, 0.2) is 29.2 Å². The number of anilines is 1. The van der Waals surface area contributed by atoms with Crippen molar-refractivity contribution in [3.8, 4) is 0 Å². The highest BCUT2D eigenvalue weighted by molar-refractivity contribution is 7.90. The van der Waals surface area contributed by atoms with Crippen LogP contribution in [0.1, 0.15) is 12.8 Å². The lowest BCUT2D eigenvalue weighted by Crippen LogP contribution is -2.28. The van der Waals surface area contributed by atoms with Gasteiger partial charge in [0.25, 0.3) is 0 Å². The summed E-state index contributed by atoms with van der Waals surface area (Å²) in [5.74, 6) is 0. The van der Waals surface area contributed by atoms with Crippen LogP contribution in [0.4, 0.5) is 5.69 Å². The standard InChI is InChI=1S/C14H19NO3S/c1-19(16,17)13-5-3-2-4-12(13)15-8-6-14(10-15)7-9-18-11-14/h2-5H,6-11H2,1H3/t14-/m1/s1. The molecule has 104 valence electrons. The first kappa shape index (κ1) is 12.9. The van der Waals surface area contributed by atoms with Crippen molar-refractivity contribution in [1.82, 2.24) is 0 Å². The summed E-state index contributed by atoms with van der Waals surface area (Å²) in [4.78, 5) is 2.64. The van der Waals surface area contributed by atoms with Crippen LogP contribution in [-0.2, 0) is 14.6 Å². The van der Waals surface area contributed by atoms with Crippen LogP contribution >= 0.6 is 0 Å². The van der Waals surface area contributed by atoms with Gasteiger partial charge in [-0.3, -0.25) is 0 Å². The van der Waals surface area contributed by atoms with E-state index in [2.05, 4.69) is 4.90 Å². The average Bonchev–Trinajstić information content (AvgIpc) is 2.99. The van der Waals surface area contributed by atoms with E-state index in [0.29, 0.717) is 4.90 Å². The van der Waals surface area contributed by atoms with Crippen molar-refractivity contribution in [2.24, 2.45) is 5.41 Å². The summed E-state index contributed by atoms with van der Waals surface area (Å²) < 4.78 is 29.3. The van der Waals surface area contributed by atoms with E-state index < -0.39 is 9.84 Å². The average molecular weight is 281 g/mol. The minimum atomic E-state index is -3.18. The number of hydrogen-bond donors (Lipinski definition) is 0. The van der Waals surface area contributed by atoms with Gasteiger partial charge in [-0.15, -0.1) is 0 Å². The fourth-order valence-electron chi connectivity index (χ4n) is 3.14. The minimum Gasteiger partial charge on any atom is -0.381 e. The van der Waals surface area contributed by atoms with E-state index in [4.69, 9.17) is 4.74 Å². The zero-order valence-corrected chi connectivity index (χ0v) is 11.9. The van der Waals surface area contributed by atoms with Crippen LogP contribution in [0.3, 0.4) is 0 Å². The van der Waals surface area contributed by atoms with Gasteiger partial charge in [0.1, 0.15) is 0 Å². The zero-order valence-electron chi connectivity index (χ0n) is 11.1. The lowest BCUT2D eigenvalue weighted by Gasteiger charge is -2.24. The van der Waals surface area contributed by atoms with Crippen LogP contribution in [-0.4, -0.2) is 41.0 Å². The summed E-state index contributed by atoms with van der Waals surface area (Å²) in [6.07, 6.45) is 3.45. The third-order valence-corrected chi connectivity index (χ3v) is 5.37. The zero-order chi connectivity index (χ0) is 13.5. The molecule has 0 saturated carbocycles. The Bertz CT molecular complexity index is 576. The number of hydrogen-bond acceptors (Lipinski definition) is 4. The molecule has 0 N–H and O–H groups in total. The van der Waals surface area contributed by atoms with Gasteiger partial charge in [-0.1, -0.05) is 12.1 Å². The quantitative estimate of drug-likeness (QED) is 0.828. The third-order valence-electron chi connectivity index (χ3n) is 4.23. The van der Waals surface area contributed by atoms with E-state index in [1.807, 2.05) is 12.1 Å². The first-order valence-electron chi connectivity index (χ1n) is 6.62. The lowest BCUT2D eigenvalue weighted by atomic mass is 9.87. The van der Waals surface area contributed by atoms with Crippen LogP contribution < -0.4 is 4.90 Å². The monoisotopic (exact) mass is 281 g/mol. The molecule has 1 aromatic rings. The summed E-state index contributed by atoms with van der Waals surface area (Å²) in [7, 11) is -3.18.